The first-order valence-corrected chi connectivity index (χ1v) is 2.73. The van der Waals surface area contributed by atoms with Crippen molar-refractivity contribution in [2.24, 2.45) is 5.73 Å². The van der Waals surface area contributed by atoms with Gasteiger partial charge in [-0.25, -0.2) is 0 Å². The van der Waals surface area contributed by atoms with Crippen LogP contribution in [0.15, 0.2) is 0 Å². The van der Waals surface area contributed by atoms with Crippen molar-refractivity contribution in [1.82, 2.24) is 0 Å². The van der Waals surface area contributed by atoms with Crippen molar-refractivity contribution in [3.63, 3.8) is 0 Å². The van der Waals surface area contributed by atoms with Crippen molar-refractivity contribution in [2.45, 2.75) is 18.6 Å². The molecule has 0 aliphatic heterocycles. The molecule has 0 heterocycles. The maximum Gasteiger partial charge on any atom is 0.323 e. The summed E-state index contributed by atoms with van der Waals surface area (Å²) >= 11 is 0. The fraction of sp³-hybridized carbons (Fsp3) is 0.800. The van der Waals surface area contributed by atoms with Gasteiger partial charge in [-0.2, -0.15) is 0 Å². The van der Waals surface area contributed by atoms with Crippen LogP contribution in [-0.2, 0) is 4.79 Å². The number of aliphatic carboxylic acids is 1. The molecule has 0 aromatic rings. The zero-order valence-corrected chi connectivity index (χ0v) is 5.61. The van der Waals surface area contributed by atoms with Crippen molar-refractivity contribution < 1.29 is 20.1 Å². The third-order valence-corrected chi connectivity index (χ3v) is 1.26. The fourth-order valence-corrected chi connectivity index (χ4v) is 0.364. The summed E-state index contributed by atoms with van der Waals surface area (Å²) in [5, 5.41) is 25.7. The number of nitrogens with two attached hydrogens (primary N) is 1. The van der Waals surface area contributed by atoms with Crippen molar-refractivity contribution in [3.05, 3.63) is 0 Å². The summed E-state index contributed by atoms with van der Waals surface area (Å²) in [4.78, 5) is 10.1. The molecule has 0 aromatic carbocycles. The minimum atomic E-state index is -1.74. The topological polar surface area (TPSA) is 104 Å². The van der Waals surface area contributed by atoms with E-state index < -0.39 is 24.2 Å². The number of rotatable bonds is 3. The number of carbonyl (C=O) groups is 1. The van der Waals surface area contributed by atoms with Gasteiger partial charge in [0.25, 0.3) is 0 Å². The summed E-state index contributed by atoms with van der Waals surface area (Å²) in [5.74, 6) is -1.33. The molecular formula is C5H11NO4. The molecule has 2 atom stereocenters. The van der Waals surface area contributed by atoms with Gasteiger partial charge in [0, 0.05) is 0 Å². The summed E-state index contributed by atoms with van der Waals surface area (Å²) in [6, 6.07) is -1.45. The minimum Gasteiger partial charge on any atom is -0.480 e. The van der Waals surface area contributed by atoms with Gasteiger partial charge in [0.2, 0.25) is 0 Å². The smallest absolute Gasteiger partial charge is 0.323 e. The second-order valence-corrected chi connectivity index (χ2v) is 2.33. The summed E-state index contributed by atoms with van der Waals surface area (Å²) in [6.45, 7) is 0.492. The molecule has 0 bridgehead atoms. The maximum absolute atomic E-state index is 10.1. The lowest BCUT2D eigenvalue weighted by atomic mass is 9.99. The Morgan fingerprint density at radius 2 is 2.20 bits per heavy atom. The molecule has 5 nitrogen and oxygen atoms in total. The van der Waals surface area contributed by atoms with Crippen molar-refractivity contribution in [1.29, 1.82) is 0 Å². The van der Waals surface area contributed by atoms with E-state index in [0.717, 1.165) is 6.92 Å². The van der Waals surface area contributed by atoms with Crippen LogP contribution in [-0.4, -0.2) is 39.5 Å². The van der Waals surface area contributed by atoms with Crippen LogP contribution in [0.1, 0.15) is 6.92 Å². The van der Waals surface area contributed by atoms with Gasteiger partial charge in [-0.1, -0.05) is 0 Å². The van der Waals surface area contributed by atoms with Crippen molar-refractivity contribution in [3.8, 4) is 0 Å². The van der Waals surface area contributed by atoms with Crippen LogP contribution in [0.25, 0.3) is 0 Å². The Morgan fingerprint density at radius 1 is 1.80 bits per heavy atom. The van der Waals surface area contributed by atoms with E-state index in [1.807, 2.05) is 0 Å². The second-order valence-electron chi connectivity index (χ2n) is 2.33. The van der Waals surface area contributed by atoms with E-state index in [2.05, 4.69) is 0 Å². The molecule has 0 aromatic heterocycles. The third-order valence-electron chi connectivity index (χ3n) is 1.26. The molecule has 0 aliphatic rings. The second kappa shape index (κ2) is 2.96. The first-order chi connectivity index (χ1) is 4.41. The molecule has 0 radical (unpaired) electrons. The lowest BCUT2D eigenvalue weighted by molar-refractivity contribution is -0.146. The number of aliphatic hydroxyl groups excluding tert-OH is 1. The van der Waals surface area contributed by atoms with E-state index in [1.165, 1.54) is 0 Å². The van der Waals surface area contributed by atoms with Crippen LogP contribution in [0.2, 0.25) is 0 Å². The molecule has 5 N–H and O–H groups in total. The molecule has 0 aliphatic carbocycles. The van der Waals surface area contributed by atoms with Crippen molar-refractivity contribution in [2.75, 3.05) is 6.61 Å². The molecule has 0 fully saturated rings. The Morgan fingerprint density at radius 3 is 2.30 bits per heavy atom. The van der Waals surface area contributed by atoms with Gasteiger partial charge in [0.05, 0.1) is 6.61 Å². The highest BCUT2D eigenvalue weighted by Crippen LogP contribution is 2.05. The SMILES string of the molecule is CC(O)(CO)C(N)C(=O)O. The van der Waals surface area contributed by atoms with Gasteiger partial charge < -0.3 is 21.1 Å². The maximum atomic E-state index is 10.1. The molecule has 0 saturated heterocycles. The Balaban J connectivity index is 4.17. The number of hydrogen-bond acceptors (Lipinski definition) is 4. The van der Waals surface area contributed by atoms with Gasteiger partial charge in [0.15, 0.2) is 0 Å². The number of carboxylic acid groups (broad SMARTS) is 1. The monoisotopic (exact) mass is 149 g/mol. The van der Waals surface area contributed by atoms with Crippen LogP contribution in [0.5, 0.6) is 0 Å². The summed E-state index contributed by atoms with van der Waals surface area (Å²) in [7, 11) is 0. The highest BCUT2D eigenvalue weighted by Gasteiger charge is 2.33. The Kier molecular flexibility index (Phi) is 2.77. The molecule has 2 unspecified atom stereocenters. The first kappa shape index (κ1) is 9.35. The molecule has 0 spiro atoms. The largest absolute Gasteiger partial charge is 0.480 e. The van der Waals surface area contributed by atoms with E-state index in [1.54, 1.807) is 0 Å². The van der Waals surface area contributed by atoms with E-state index in [9.17, 15) is 4.79 Å². The molecule has 0 saturated carbocycles. The molecule has 10 heavy (non-hydrogen) atoms. The van der Waals surface area contributed by atoms with E-state index in [0.29, 0.717) is 0 Å². The number of carboxylic acids is 1. The quantitative estimate of drug-likeness (QED) is 0.377. The molecule has 60 valence electrons. The highest BCUT2D eigenvalue weighted by molar-refractivity contribution is 5.74. The molecule has 5 heteroatoms. The summed E-state index contributed by atoms with van der Waals surface area (Å²) < 4.78 is 0. The average molecular weight is 149 g/mol. The predicted molar refractivity (Wildman–Crippen MR) is 33.3 cm³/mol. The molecule has 0 amide bonds. The van der Waals surface area contributed by atoms with Crippen LogP contribution in [0.4, 0.5) is 0 Å². The fourth-order valence-electron chi connectivity index (χ4n) is 0.364. The predicted octanol–water partition coefficient (Wildman–Crippen LogP) is -1.86. The van der Waals surface area contributed by atoms with E-state index in [-0.39, 0.29) is 0 Å². The number of hydrogen-bond donors (Lipinski definition) is 4. The normalized spacial score (nSPS) is 19.6. The lowest BCUT2D eigenvalue weighted by Gasteiger charge is -2.23. The lowest BCUT2D eigenvalue weighted by Crippen LogP contribution is -2.53. The van der Waals surface area contributed by atoms with Crippen LogP contribution in [0.3, 0.4) is 0 Å². The zero-order chi connectivity index (χ0) is 8.36. The zero-order valence-electron chi connectivity index (χ0n) is 5.61. The van der Waals surface area contributed by atoms with Crippen LogP contribution < -0.4 is 5.73 Å². The summed E-state index contributed by atoms with van der Waals surface area (Å²) in [5.41, 5.74) is 3.25. The van der Waals surface area contributed by atoms with Gasteiger partial charge in [-0.3, -0.25) is 4.79 Å². The highest BCUT2D eigenvalue weighted by atomic mass is 16.4. The van der Waals surface area contributed by atoms with Gasteiger partial charge in [0.1, 0.15) is 11.6 Å². The van der Waals surface area contributed by atoms with Gasteiger partial charge in [-0.15, -0.1) is 0 Å². The third kappa shape index (κ3) is 1.94. The van der Waals surface area contributed by atoms with Gasteiger partial charge in [-0.05, 0) is 6.92 Å². The van der Waals surface area contributed by atoms with Crippen molar-refractivity contribution >= 4 is 5.97 Å². The average Bonchev–Trinajstić information content (AvgIpc) is 1.86. The molecule has 0 rings (SSSR count). The summed E-state index contributed by atoms with van der Waals surface area (Å²) in [6.07, 6.45) is 0. The van der Waals surface area contributed by atoms with Crippen LogP contribution >= 0.6 is 0 Å². The Hall–Kier alpha value is -0.650. The Bertz CT molecular complexity index is 134. The molecular weight excluding hydrogens is 138 g/mol. The van der Waals surface area contributed by atoms with Crippen LogP contribution in [0, 0.1) is 0 Å². The Labute approximate surface area is 58.1 Å². The van der Waals surface area contributed by atoms with Gasteiger partial charge >= 0.3 is 5.97 Å². The standard InChI is InChI=1S/C5H11NO4/c1-5(10,2-7)3(6)4(8)9/h3,7,10H,2,6H2,1H3,(H,8,9). The van der Waals surface area contributed by atoms with E-state index in [4.69, 9.17) is 21.1 Å². The first-order valence-electron chi connectivity index (χ1n) is 2.73. The minimum absolute atomic E-state index is 0.666. The van der Waals surface area contributed by atoms with E-state index >= 15 is 0 Å². The number of aliphatic hydroxyl groups is 2.